The first-order chi connectivity index (χ1) is 48.9. The first-order valence-electron chi connectivity index (χ1n) is 32.7. The van der Waals surface area contributed by atoms with Crippen LogP contribution in [0, 0.1) is 12.8 Å². The number of amides is 8. The van der Waals surface area contributed by atoms with Crippen LogP contribution in [0.4, 0.5) is 10.6 Å². The minimum absolute atomic E-state index is 0.000369. The number of benzene rings is 1. The monoisotopic (exact) mass is 1480 g/mol. The standard InChI is InChI=1S/C62H88N18O21S2/c1-25-39(77-52(80-50(25)65)31(17-37(64)83)72-18-30(63)51(66)89)55(92)78-40(46(32-19-68-24-74-32)99-60-48(44(87)42(85)34(21-81)98-60)100-59-45(88)47(101-61(67)95)43(86)35(22-82)97-59)56(93)75-28(4)41(84)26(2)53(90)79-49(62(96)12-13-62)57(94)71-16-11-38-76-33(23-102-38)58-73-20-36(103-58)54(91)70-15-8-14-69-27(3)29-9-6-5-7-10-29/h5-7,9-10,19-20,23-24,26-28,30-31,34-35,40-49,59-60,69,72,81-82,84-88,96H,8,11-18,21-22,63H2,1-4H3,(H2,64,83)(H2,66,89)(H2,67,95)(H,68,74)(H,70,91)(H,71,94)(H,75,93)(H,78,92)(H,79,90)(H2,65,77,80). The van der Waals surface area contributed by atoms with Crippen molar-refractivity contribution in [2.24, 2.45) is 28.9 Å². The number of nitrogen functional groups attached to an aromatic ring is 1. The van der Waals surface area contributed by atoms with E-state index >= 15 is 4.79 Å². The van der Waals surface area contributed by atoms with Crippen molar-refractivity contribution in [1.82, 2.24) is 67.1 Å². The van der Waals surface area contributed by atoms with E-state index in [1.165, 1.54) is 49.6 Å². The van der Waals surface area contributed by atoms with Crippen molar-refractivity contribution in [2.45, 2.75) is 175 Å². The highest BCUT2D eigenvalue weighted by Gasteiger charge is 2.55. The lowest BCUT2D eigenvalue weighted by molar-refractivity contribution is -0.372. The maximum absolute atomic E-state index is 15.3. The molecular formula is C62H88N18O21S2. The number of hydrogen-bond acceptors (Lipinski definition) is 32. The van der Waals surface area contributed by atoms with Crippen LogP contribution < -0.4 is 65.9 Å². The number of anilines is 1. The normalized spacial score (nSPS) is 24.1. The maximum atomic E-state index is 15.3. The van der Waals surface area contributed by atoms with E-state index < -0.39 is 182 Å². The molecule has 564 valence electrons. The Morgan fingerprint density at radius 2 is 1.50 bits per heavy atom. The fraction of sp³-hybridized carbons (Fsp3) is 0.565. The Morgan fingerprint density at radius 3 is 2.15 bits per heavy atom. The maximum Gasteiger partial charge on any atom is 0.404 e. The number of aromatic amines is 1. The van der Waals surface area contributed by atoms with Crippen LogP contribution in [0.1, 0.15) is 112 Å². The molecule has 1 aliphatic carbocycles. The topological polar surface area (TPSA) is 639 Å². The molecular weight excluding hydrogens is 1400 g/mol. The molecule has 5 aromatic rings. The Hall–Kier alpha value is -8.47. The van der Waals surface area contributed by atoms with E-state index in [2.05, 4.69) is 74.0 Å². The summed E-state index contributed by atoms with van der Waals surface area (Å²) < 4.78 is 28.8. The summed E-state index contributed by atoms with van der Waals surface area (Å²) in [6.07, 6.45) is -21.2. The van der Waals surface area contributed by atoms with Gasteiger partial charge < -0.3 is 135 Å². The number of hydrogen-bond donors (Lipinski definition) is 21. The van der Waals surface area contributed by atoms with Gasteiger partial charge in [-0.2, -0.15) is 0 Å². The number of nitrogens with two attached hydrogens (primary N) is 5. The van der Waals surface area contributed by atoms with E-state index in [0.717, 1.165) is 18.1 Å². The van der Waals surface area contributed by atoms with Crippen LogP contribution in [0.3, 0.4) is 0 Å². The minimum Gasteiger partial charge on any atom is -0.441 e. The third-order valence-electron chi connectivity index (χ3n) is 17.4. The number of nitrogens with zero attached hydrogens (tertiary/aromatic N) is 5. The predicted octanol–water partition coefficient (Wildman–Crippen LogP) is -6.09. The number of thiazole rings is 2. The van der Waals surface area contributed by atoms with E-state index in [-0.39, 0.29) is 67.2 Å². The molecule has 103 heavy (non-hydrogen) atoms. The van der Waals surface area contributed by atoms with Crippen LogP contribution in [0.25, 0.3) is 10.7 Å². The number of rotatable bonds is 37. The lowest BCUT2D eigenvalue weighted by atomic mass is 9.96. The van der Waals surface area contributed by atoms with Crippen molar-refractivity contribution in [3.8, 4) is 10.7 Å². The smallest absolute Gasteiger partial charge is 0.404 e. The molecule has 1 saturated carbocycles. The Labute approximate surface area is 596 Å². The highest BCUT2D eigenvalue weighted by atomic mass is 32.1. The molecule has 2 aliphatic heterocycles. The molecule has 26 N–H and O–H groups in total. The van der Waals surface area contributed by atoms with Crippen LogP contribution in [0.5, 0.6) is 0 Å². The van der Waals surface area contributed by atoms with Gasteiger partial charge in [0, 0.05) is 49.5 Å². The first-order valence-corrected chi connectivity index (χ1v) is 34.4. The van der Waals surface area contributed by atoms with Gasteiger partial charge in [-0.05, 0) is 52.1 Å². The number of aliphatic hydroxyl groups is 8. The summed E-state index contributed by atoms with van der Waals surface area (Å²) in [6, 6.07) is 2.35. The molecule has 6 heterocycles. The number of imidazole rings is 1. The molecule has 2 saturated heterocycles. The van der Waals surface area contributed by atoms with Crippen molar-refractivity contribution >= 4 is 75.9 Å². The number of ether oxygens (including phenoxy) is 5. The van der Waals surface area contributed by atoms with Crippen molar-refractivity contribution < 1.29 is 103 Å². The van der Waals surface area contributed by atoms with Crippen LogP contribution in [-0.2, 0) is 54.1 Å². The number of H-pyrrole nitrogens is 1. The molecule has 0 radical (unpaired) electrons. The zero-order valence-electron chi connectivity index (χ0n) is 56.3. The van der Waals surface area contributed by atoms with Crippen LogP contribution in [0.2, 0.25) is 0 Å². The number of aromatic nitrogens is 6. The van der Waals surface area contributed by atoms with Gasteiger partial charge in [0.05, 0.1) is 78.4 Å². The van der Waals surface area contributed by atoms with Crippen molar-refractivity contribution in [3.63, 3.8) is 0 Å². The number of aliphatic hydroxyl groups excluding tert-OH is 7. The van der Waals surface area contributed by atoms with E-state index in [1.54, 1.807) is 5.38 Å². The summed E-state index contributed by atoms with van der Waals surface area (Å²) in [5, 5.41) is 111. The molecule has 41 heteroatoms. The lowest BCUT2D eigenvalue weighted by Gasteiger charge is -2.47. The summed E-state index contributed by atoms with van der Waals surface area (Å²) in [5.41, 5.74) is 27.4. The van der Waals surface area contributed by atoms with E-state index in [0.29, 0.717) is 40.1 Å². The van der Waals surface area contributed by atoms with E-state index in [4.69, 9.17) is 52.4 Å². The molecule has 3 fully saturated rings. The summed E-state index contributed by atoms with van der Waals surface area (Å²) in [5.74, 6) is -8.57. The fourth-order valence-corrected chi connectivity index (χ4v) is 12.8. The van der Waals surface area contributed by atoms with Gasteiger partial charge in [-0.1, -0.05) is 37.3 Å². The molecule has 19 unspecified atom stereocenters. The molecule has 39 nitrogen and oxygen atoms in total. The Morgan fingerprint density at radius 1 is 0.796 bits per heavy atom. The van der Waals surface area contributed by atoms with Crippen molar-refractivity contribution in [2.75, 3.05) is 45.1 Å². The van der Waals surface area contributed by atoms with Gasteiger partial charge in [-0.3, -0.25) is 33.6 Å². The van der Waals surface area contributed by atoms with Gasteiger partial charge >= 0.3 is 6.09 Å². The number of carbonyl (C=O) groups excluding carboxylic acids is 8. The second-order valence-electron chi connectivity index (χ2n) is 25.0. The lowest BCUT2D eigenvalue weighted by Crippen LogP contribution is -2.65. The van der Waals surface area contributed by atoms with E-state index in [9.17, 15) is 74.4 Å². The summed E-state index contributed by atoms with van der Waals surface area (Å²) in [7, 11) is 0. The minimum atomic E-state index is -2.20. The zero-order chi connectivity index (χ0) is 75.1. The molecule has 1 aromatic carbocycles. The second-order valence-corrected chi connectivity index (χ2v) is 27.0. The van der Waals surface area contributed by atoms with Gasteiger partial charge in [-0.25, -0.2) is 29.7 Å². The largest absolute Gasteiger partial charge is 0.441 e. The second kappa shape index (κ2) is 36.3. The van der Waals surface area contributed by atoms with Crippen molar-refractivity contribution in [3.05, 3.63) is 92.7 Å². The molecule has 0 spiro atoms. The summed E-state index contributed by atoms with van der Waals surface area (Å²) >= 11 is 2.45. The highest BCUT2D eigenvalue weighted by molar-refractivity contribution is 7.17. The van der Waals surface area contributed by atoms with E-state index in [1.807, 2.05) is 30.3 Å². The molecule has 8 amide bonds. The highest BCUT2D eigenvalue weighted by Crippen LogP contribution is 2.39. The molecule has 8 rings (SSSR count). The predicted molar refractivity (Wildman–Crippen MR) is 360 cm³/mol. The summed E-state index contributed by atoms with van der Waals surface area (Å²) in [4.78, 5) is 132. The van der Waals surface area contributed by atoms with Crippen LogP contribution >= 0.6 is 22.7 Å². The average Bonchev–Trinajstić information content (AvgIpc) is 1.77. The van der Waals surface area contributed by atoms with Gasteiger partial charge in [0.2, 0.25) is 29.5 Å². The quantitative estimate of drug-likeness (QED) is 0.0165. The Bertz CT molecular complexity index is 3710. The molecule has 0 bridgehead atoms. The van der Waals surface area contributed by atoms with Gasteiger partial charge in [0.25, 0.3) is 11.8 Å². The average molecular weight is 1490 g/mol. The van der Waals surface area contributed by atoms with Gasteiger partial charge in [-0.15, -0.1) is 22.7 Å². The SMILES string of the molecule is Cc1c(N)nc(C(CC(N)=O)NCC(N)C(N)=O)nc1C(=O)NC(C(=O)NC(C)C(O)C(C)C(=O)NC(C(=O)NCCc1nc(-c2ncc(C(=O)NCCCNC(C)c3ccccc3)s2)cs1)C1(O)CC1)C(OC1OC(CO)C(O)C(O)C1OC1OC(CO)C(O)C(OC(N)=O)C1O)c1cnc[nH]1. The number of primary amides is 3. The molecule has 19 atom stereocenters. The van der Waals surface area contributed by atoms with Crippen LogP contribution in [0.15, 0.2) is 54.4 Å². The number of carbonyl (C=O) groups is 8. The Kier molecular flexibility index (Phi) is 28.3. The summed E-state index contributed by atoms with van der Waals surface area (Å²) in [6.45, 7) is 4.66. The Balaban J connectivity index is 0.987. The third kappa shape index (κ3) is 20.7. The van der Waals surface area contributed by atoms with Gasteiger partial charge in [0.15, 0.2) is 18.7 Å². The first kappa shape index (κ1) is 80.2. The van der Waals surface area contributed by atoms with Gasteiger partial charge in [0.1, 0.15) is 93.8 Å². The van der Waals surface area contributed by atoms with Crippen molar-refractivity contribution in [1.29, 1.82) is 0 Å². The molecule has 4 aromatic heterocycles. The molecule has 3 aliphatic rings. The third-order valence-corrected chi connectivity index (χ3v) is 19.4. The fourth-order valence-electron chi connectivity index (χ4n) is 11.1. The van der Waals surface area contributed by atoms with Crippen LogP contribution in [-0.4, -0.2) is 255 Å². The zero-order valence-corrected chi connectivity index (χ0v) is 57.9. The number of nitrogens with one attached hydrogen (secondary N) is 8.